The molecule has 25 heavy (non-hydrogen) atoms. The van der Waals surface area contributed by atoms with Crippen molar-refractivity contribution in [3.63, 3.8) is 0 Å². The van der Waals surface area contributed by atoms with Crippen LogP contribution in [0.3, 0.4) is 0 Å². The molecule has 1 atom stereocenters. The molecule has 1 heterocycles. The first-order chi connectivity index (χ1) is 12.3. The second-order valence-corrected chi connectivity index (χ2v) is 5.77. The first-order valence-electron chi connectivity index (χ1n) is 7.92. The Morgan fingerprint density at radius 1 is 1.08 bits per heavy atom. The molecule has 0 saturated carbocycles. The molecule has 0 bridgehead atoms. The molecular weight excluding hydrogens is 310 g/mol. The van der Waals surface area contributed by atoms with Gasteiger partial charge in [0.1, 0.15) is 12.0 Å². The summed E-state index contributed by atoms with van der Waals surface area (Å²) in [7, 11) is 0. The molecule has 0 N–H and O–H groups in total. The van der Waals surface area contributed by atoms with E-state index >= 15 is 0 Å². The van der Waals surface area contributed by atoms with Gasteiger partial charge in [0, 0.05) is 0 Å². The van der Waals surface area contributed by atoms with Gasteiger partial charge < -0.3 is 0 Å². The molecule has 0 saturated heterocycles. The first-order valence-corrected chi connectivity index (χ1v) is 7.92. The van der Waals surface area contributed by atoms with Gasteiger partial charge in [0.25, 0.3) is 5.91 Å². The summed E-state index contributed by atoms with van der Waals surface area (Å²) >= 11 is 0. The number of hydrogen-bond donors (Lipinski definition) is 0. The fourth-order valence-corrected chi connectivity index (χ4v) is 2.97. The number of aliphatic imine (C=N–C) groups is 2. The van der Waals surface area contributed by atoms with Crippen molar-refractivity contribution in [3.05, 3.63) is 77.9 Å². The molecule has 2 aromatic rings. The minimum absolute atomic E-state index is 0.173. The summed E-state index contributed by atoms with van der Waals surface area (Å²) in [6.07, 6.45) is 8.92. The van der Waals surface area contributed by atoms with Crippen LogP contribution in [0, 0.1) is 17.2 Å². The predicted octanol–water partition coefficient (Wildman–Crippen LogP) is 3.87. The quantitative estimate of drug-likeness (QED) is 0.787. The molecule has 1 unspecified atom stereocenters. The highest BCUT2D eigenvalue weighted by Crippen LogP contribution is 2.23. The number of rotatable bonds is 2. The zero-order chi connectivity index (χ0) is 17.2. The molecular formula is C21H13N3O. The molecule has 1 aliphatic heterocycles. The number of hydrogen-bond acceptors (Lipinski definition) is 3. The van der Waals surface area contributed by atoms with Crippen LogP contribution in [-0.2, 0) is 4.79 Å². The van der Waals surface area contributed by atoms with Gasteiger partial charge in [0.05, 0.1) is 11.3 Å². The number of allylic oxidation sites excluding steroid dienone is 3. The molecule has 0 radical (unpaired) electrons. The topological polar surface area (TPSA) is 65.6 Å². The summed E-state index contributed by atoms with van der Waals surface area (Å²) in [6, 6.07) is 16.0. The highest BCUT2D eigenvalue weighted by atomic mass is 16.1. The van der Waals surface area contributed by atoms with E-state index in [1.807, 2.05) is 48.5 Å². The monoisotopic (exact) mass is 323 g/mol. The Labute approximate surface area is 144 Å². The van der Waals surface area contributed by atoms with Crippen LogP contribution in [0.25, 0.3) is 16.8 Å². The number of nitrogens with zero attached hydrogens (tertiary/aromatic N) is 3. The van der Waals surface area contributed by atoms with Crippen LogP contribution < -0.4 is 0 Å². The van der Waals surface area contributed by atoms with E-state index in [0.717, 1.165) is 16.3 Å². The van der Waals surface area contributed by atoms with Gasteiger partial charge >= 0.3 is 0 Å². The number of carbonyl (C=O) groups excluding carboxylic acids is 1. The van der Waals surface area contributed by atoms with Gasteiger partial charge in [-0.2, -0.15) is 10.3 Å². The normalized spacial score (nSPS) is 19.2. The van der Waals surface area contributed by atoms with E-state index < -0.39 is 5.92 Å². The van der Waals surface area contributed by atoms with E-state index in [9.17, 15) is 10.1 Å². The fourth-order valence-electron chi connectivity index (χ4n) is 2.97. The van der Waals surface area contributed by atoms with Gasteiger partial charge in [-0.3, -0.25) is 4.79 Å². The third-order valence-corrected chi connectivity index (χ3v) is 4.20. The Morgan fingerprint density at radius 2 is 1.92 bits per heavy atom. The van der Waals surface area contributed by atoms with Gasteiger partial charge in [-0.1, -0.05) is 60.7 Å². The number of amidine groups is 1. The van der Waals surface area contributed by atoms with E-state index in [1.54, 1.807) is 24.3 Å². The molecule has 4 heteroatoms. The molecule has 0 aromatic heterocycles. The first kappa shape index (κ1) is 15.0. The van der Waals surface area contributed by atoms with Crippen LogP contribution >= 0.6 is 0 Å². The summed E-state index contributed by atoms with van der Waals surface area (Å²) in [5, 5.41) is 11.7. The average Bonchev–Trinajstić information content (AvgIpc) is 2.66. The number of carbonyl (C=O) groups is 1. The molecule has 1 aliphatic carbocycles. The summed E-state index contributed by atoms with van der Waals surface area (Å²) in [6.45, 7) is 0. The van der Waals surface area contributed by atoms with Crippen LogP contribution in [0.4, 0.5) is 0 Å². The molecule has 0 spiro atoms. The Hall–Kier alpha value is -3.58. The Morgan fingerprint density at radius 3 is 2.80 bits per heavy atom. The maximum atomic E-state index is 12.2. The Bertz CT molecular complexity index is 1070. The van der Waals surface area contributed by atoms with E-state index in [-0.39, 0.29) is 17.3 Å². The average molecular weight is 323 g/mol. The van der Waals surface area contributed by atoms with Crippen LogP contribution in [-0.4, -0.2) is 17.5 Å². The maximum absolute atomic E-state index is 12.2. The van der Waals surface area contributed by atoms with Crippen molar-refractivity contribution in [2.75, 3.05) is 0 Å². The fraction of sp³-hybridized carbons (Fsp3) is 0.0476. The Balaban J connectivity index is 1.81. The largest absolute Gasteiger partial charge is 0.271 e. The minimum atomic E-state index is -0.439. The van der Waals surface area contributed by atoms with Crippen molar-refractivity contribution in [3.8, 4) is 6.07 Å². The highest BCUT2D eigenvalue weighted by Gasteiger charge is 2.27. The lowest BCUT2D eigenvalue weighted by Gasteiger charge is -2.17. The SMILES string of the molecule is N#C/C(=C\c1cccc2ccccc12)C1=NC(=O)C2C=CC=CC2=N1. The lowest BCUT2D eigenvalue weighted by Crippen LogP contribution is -2.27. The van der Waals surface area contributed by atoms with Crippen LogP contribution in [0.5, 0.6) is 0 Å². The van der Waals surface area contributed by atoms with Gasteiger partial charge in [-0.25, -0.2) is 4.99 Å². The number of fused-ring (bicyclic) bond motifs is 2. The maximum Gasteiger partial charge on any atom is 0.260 e. The number of benzene rings is 2. The predicted molar refractivity (Wildman–Crippen MR) is 99.2 cm³/mol. The second-order valence-electron chi connectivity index (χ2n) is 5.77. The van der Waals surface area contributed by atoms with Crippen LogP contribution in [0.1, 0.15) is 5.56 Å². The standard InChI is InChI=1S/C21H13N3O/c22-13-16(12-15-8-5-7-14-6-1-2-9-17(14)15)20-23-19-11-4-3-10-18(19)21(25)24-20/h1-12,18H/b16-12+. The smallest absolute Gasteiger partial charge is 0.260 e. The molecule has 4 nitrogen and oxygen atoms in total. The van der Waals surface area contributed by atoms with Crippen molar-refractivity contribution in [1.29, 1.82) is 5.26 Å². The van der Waals surface area contributed by atoms with Gasteiger partial charge in [0.2, 0.25) is 0 Å². The third-order valence-electron chi connectivity index (χ3n) is 4.20. The molecule has 1 amide bonds. The number of nitriles is 1. The molecule has 0 fully saturated rings. The van der Waals surface area contributed by atoms with E-state index in [0.29, 0.717) is 5.71 Å². The van der Waals surface area contributed by atoms with Crippen molar-refractivity contribution < 1.29 is 4.79 Å². The van der Waals surface area contributed by atoms with Gasteiger partial charge in [-0.15, -0.1) is 0 Å². The van der Waals surface area contributed by atoms with Gasteiger partial charge in [-0.05, 0) is 28.5 Å². The molecule has 118 valence electrons. The summed E-state index contributed by atoms with van der Waals surface area (Å²) in [5.41, 5.74) is 1.79. The minimum Gasteiger partial charge on any atom is -0.271 e. The van der Waals surface area contributed by atoms with Crippen molar-refractivity contribution in [2.45, 2.75) is 0 Å². The summed E-state index contributed by atoms with van der Waals surface area (Å²) < 4.78 is 0. The zero-order valence-electron chi connectivity index (χ0n) is 13.3. The lowest BCUT2D eigenvalue weighted by atomic mass is 9.96. The summed E-state index contributed by atoms with van der Waals surface area (Å²) in [4.78, 5) is 20.7. The van der Waals surface area contributed by atoms with Crippen LogP contribution in [0.15, 0.2) is 82.3 Å². The van der Waals surface area contributed by atoms with Crippen LogP contribution in [0.2, 0.25) is 0 Å². The molecule has 2 aromatic carbocycles. The van der Waals surface area contributed by atoms with Crippen molar-refractivity contribution in [1.82, 2.24) is 0 Å². The van der Waals surface area contributed by atoms with Gasteiger partial charge in [0.15, 0.2) is 5.84 Å². The second kappa shape index (κ2) is 6.14. The number of amides is 1. The molecule has 4 rings (SSSR count). The zero-order valence-corrected chi connectivity index (χ0v) is 13.3. The highest BCUT2D eigenvalue weighted by molar-refractivity contribution is 6.26. The van der Waals surface area contributed by atoms with E-state index in [2.05, 4.69) is 16.1 Å². The lowest BCUT2D eigenvalue weighted by molar-refractivity contribution is -0.118. The van der Waals surface area contributed by atoms with E-state index in [1.165, 1.54) is 0 Å². The summed E-state index contributed by atoms with van der Waals surface area (Å²) in [5.74, 6) is -0.558. The third kappa shape index (κ3) is 2.73. The molecule has 2 aliphatic rings. The van der Waals surface area contributed by atoms with Crippen molar-refractivity contribution in [2.24, 2.45) is 15.9 Å². The Kier molecular flexibility index (Phi) is 3.68. The van der Waals surface area contributed by atoms with Crippen molar-refractivity contribution >= 4 is 34.3 Å². The van der Waals surface area contributed by atoms with E-state index in [4.69, 9.17) is 0 Å².